The van der Waals surface area contributed by atoms with Gasteiger partial charge in [-0.05, 0) is 82.9 Å². The second-order valence-corrected chi connectivity index (χ2v) is 18.5. The zero-order valence-electron chi connectivity index (χ0n) is 37.0. The van der Waals surface area contributed by atoms with E-state index in [0.717, 1.165) is 51.4 Å². The van der Waals surface area contributed by atoms with Crippen molar-refractivity contribution >= 4 is 75.5 Å². The molecule has 2 saturated carbocycles. The Morgan fingerprint density at radius 3 is 1.57 bits per heavy atom. The van der Waals surface area contributed by atoms with Gasteiger partial charge in [-0.15, -0.1) is 22.7 Å². The second kappa shape index (κ2) is 21.6. The second-order valence-electron chi connectivity index (χ2n) is 17.0. The van der Waals surface area contributed by atoms with Crippen molar-refractivity contribution in [2.24, 2.45) is 17.2 Å². The molecule has 0 bridgehead atoms. The van der Waals surface area contributed by atoms with Crippen LogP contribution in [-0.2, 0) is 4.74 Å². The molecule has 4 heterocycles. The monoisotopic (exact) mass is 954 g/mol. The fourth-order valence-electron chi connectivity index (χ4n) is 7.63. The lowest BCUT2D eigenvalue weighted by Gasteiger charge is -2.33. The number of hydrogen-bond acceptors (Lipinski definition) is 17. The number of amides is 3. The Hall–Kier alpha value is -6.91. The molecule has 2 aromatic carbocycles. The summed E-state index contributed by atoms with van der Waals surface area (Å²) in [6, 6.07) is 8.94. The molecule has 0 aliphatic heterocycles. The SMILES string of the molecule is CC(C)(C)OC(=O)N[C@H]1CCCC[C@H]1Nc1ncc(C(N)=O)c(Nc2ccc(-c3cscn3)c(F)c2)n1.NC(=O)c1cnc(N[C@@H]2CCCC[C@@H]2N)nc1Nc1ccc(-c2cscn2)c(F)c1. The van der Waals surface area contributed by atoms with Crippen molar-refractivity contribution in [1.29, 1.82) is 0 Å². The highest BCUT2D eigenvalue weighted by Gasteiger charge is 2.30. The highest BCUT2D eigenvalue weighted by Crippen LogP contribution is 2.30. The van der Waals surface area contributed by atoms with E-state index in [0.29, 0.717) is 39.8 Å². The third-order valence-corrected chi connectivity index (χ3v) is 12.1. The average molecular weight is 955 g/mol. The molecule has 0 saturated heterocycles. The first-order chi connectivity index (χ1) is 32.1. The third kappa shape index (κ3) is 12.9. The predicted octanol–water partition coefficient (Wildman–Crippen LogP) is 8.09. The van der Waals surface area contributed by atoms with Crippen LogP contribution in [0.5, 0.6) is 0 Å². The van der Waals surface area contributed by atoms with E-state index in [1.54, 1.807) is 46.0 Å². The summed E-state index contributed by atoms with van der Waals surface area (Å²) in [7, 11) is 0. The number of alkyl carbamates (subject to hydrolysis) is 1. The van der Waals surface area contributed by atoms with E-state index in [2.05, 4.69) is 56.5 Å². The number of nitrogens with one attached hydrogen (secondary N) is 5. The maximum atomic E-state index is 14.8. The Bertz CT molecular complexity index is 2670. The van der Waals surface area contributed by atoms with E-state index < -0.39 is 35.1 Å². The van der Waals surface area contributed by atoms with Gasteiger partial charge in [0.25, 0.3) is 11.8 Å². The number of aromatic nitrogens is 6. The van der Waals surface area contributed by atoms with Crippen LogP contribution in [0.25, 0.3) is 22.5 Å². The van der Waals surface area contributed by atoms with E-state index in [1.165, 1.54) is 47.2 Å². The molecule has 352 valence electrons. The largest absolute Gasteiger partial charge is 0.444 e. The summed E-state index contributed by atoms with van der Waals surface area (Å²) in [5.41, 5.74) is 22.7. The minimum atomic E-state index is -0.726. The van der Waals surface area contributed by atoms with Crippen molar-refractivity contribution in [3.8, 4) is 22.5 Å². The minimum absolute atomic E-state index is 0.0157. The molecule has 22 heteroatoms. The van der Waals surface area contributed by atoms with Crippen LogP contribution >= 0.6 is 22.7 Å². The number of thiazole rings is 2. The van der Waals surface area contributed by atoms with Crippen LogP contribution in [-0.4, -0.2) is 77.6 Å². The van der Waals surface area contributed by atoms with E-state index in [4.69, 9.17) is 21.9 Å². The summed E-state index contributed by atoms with van der Waals surface area (Å²) in [5.74, 6) is -1.40. The lowest BCUT2D eigenvalue weighted by atomic mass is 9.90. The highest BCUT2D eigenvalue weighted by molar-refractivity contribution is 7.08. The molecule has 0 unspecified atom stereocenters. The Morgan fingerprint density at radius 2 is 1.13 bits per heavy atom. The van der Waals surface area contributed by atoms with Gasteiger partial charge in [0, 0.05) is 63.8 Å². The number of primary amides is 2. The molecular formula is C45H52F2N14O4S2. The number of nitrogens with zero attached hydrogens (tertiary/aromatic N) is 6. The predicted molar refractivity (Wildman–Crippen MR) is 256 cm³/mol. The normalized spacial score (nSPS) is 18.1. The molecule has 4 aromatic heterocycles. The van der Waals surface area contributed by atoms with Gasteiger partial charge in [-0.25, -0.2) is 33.5 Å². The molecular weight excluding hydrogens is 903 g/mol. The molecule has 4 atom stereocenters. The molecule has 0 radical (unpaired) electrons. The number of carbonyl (C=O) groups excluding carboxylic acids is 3. The number of anilines is 6. The summed E-state index contributed by atoms with van der Waals surface area (Å²) < 4.78 is 34.7. The van der Waals surface area contributed by atoms with Crippen molar-refractivity contribution in [3.05, 3.63) is 93.3 Å². The van der Waals surface area contributed by atoms with Gasteiger partial charge in [-0.1, -0.05) is 25.7 Å². The zero-order valence-corrected chi connectivity index (χ0v) is 38.6. The number of rotatable bonds is 13. The van der Waals surface area contributed by atoms with Crippen LogP contribution in [0.2, 0.25) is 0 Å². The minimum Gasteiger partial charge on any atom is -0.444 e. The number of hydrogen-bond donors (Lipinski definition) is 8. The number of halogens is 2. The Kier molecular flexibility index (Phi) is 15.5. The number of nitrogens with two attached hydrogens (primary N) is 3. The fraction of sp³-hybridized carbons (Fsp3) is 0.356. The number of ether oxygens (including phenoxy) is 1. The summed E-state index contributed by atoms with van der Waals surface area (Å²) in [6.07, 6.45) is 9.74. The zero-order chi connectivity index (χ0) is 47.7. The molecule has 2 aliphatic carbocycles. The summed E-state index contributed by atoms with van der Waals surface area (Å²) >= 11 is 2.77. The first-order valence-electron chi connectivity index (χ1n) is 21.6. The maximum absolute atomic E-state index is 14.8. The van der Waals surface area contributed by atoms with Gasteiger partial charge in [0.05, 0.1) is 28.5 Å². The van der Waals surface area contributed by atoms with Crippen LogP contribution in [0.15, 0.2) is 70.6 Å². The quantitative estimate of drug-likeness (QED) is 0.0543. The molecule has 6 aromatic rings. The first-order valence-corrected chi connectivity index (χ1v) is 23.5. The first kappa shape index (κ1) is 48.0. The van der Waals surface area contributed by atoms with Crippen LogP contribution in [0.4, 0.5) is 48.5 Å². The Labute approximate surface area is 393 Å². The standard InChI is InChI=1S/C25H30FN7O3S.C20H22FN7OS/c1-25(2,3)36-24(35)32-19-7-5-4-6-18(19)31-23-28-11-16(21(27)34)22(33-23)30-14-8-9-15(17(26)10-14)20-12-37-13-29-20;21-14-7-11(5-6-12(14)17-9-30-10-25-17)26-19-13(18(23)29)8-24-20(28-19)27-16-4-2-1-3-15(16)22/h8-13,18-19H,4-7H2,1-3H3,(H2,27,34)(H,32,35)(H2,28,30,31,33);5-10,15-16H,1-4,22H2,(H2,23,29)(H2,24,26,27,28)/t18-,19+;15-,16+/m10/s1. The summed E-state index contributed by atoms with van der Waals surface area (Å²) in [5, 5.41) is 18.9. The van der Waals surface area contributed by atoms with E-state index in [1.807, 2.05) is 20.8 Å². The van der Waals surface area contributed by atoms with Crippen molar-refractivity contribution in [3.63, 3.8) is 0 Å². The van der Waals surface area contributed by atoms with E-state index in [-0.39, 0.29) is 52.9 Å². The number of benzene rings is 2. The van der Waals surface area contributed by atoms with Gasteiger partial charge in [-0.3, -0.25) is 9.59 Å². The van der Waals surface area contributed by atoms with Crippen LogP contribution in [0.3, 0.4) is 0 Å². The molecule has 2 fully saturated rings. The van der Waals surface area contributed by atoms with Gasteiger partial charge in [0.2, 0.25) is 11.9 Å². The van der Waals surface area contributed by atoms with Gasteiger partial charge < -0.3 is 48.5 Å². The number of carbonyl (C=O) groups is 3. The molecule has 18 nitrogen and oxygen atoms in total. The average Bonchev–Trinajstić information content (AvgIpc) is 4.01. The van der Waals surface area contributed by atoms with Crippen molar-refractivity contribution in [1.82, 2.24) is 35.2 Å². The Morgan fingerprint density at radius 1 is 0.672 bits per heavy atom. The van der Waals surface area contributed by atoms with E-state index in [9.17, 15) is 23.2 Å². The third-order valence-electron chi connectivity index (χ3n) is 10.9. The van der Waals surface area contributed by atoms with Crippen LogP contribution < -0.4 is 43.8 Å². The van der Waals surface area contributed by atoms with Crippen LogP contribution in [0.1, 0.15) is 92.9 Å². The summed E-state index contributed by atoms with van der Waals surface area (Å²) in [6.45, 7) is 5.43. The smallest absolute Gasteiger partial charge is 0.407 e. The molecule has 3 amide bonds. The molecule has 2 aliphatic rings. The molecule has 0 spiro atoms. The summed E-state index contributed by atoms with van der Waals surface area (Å²) in [4.78, 5) is 61.7. The van der Waals surface area contributed by atoms with Crippen molar-refractivity contribution in [2.75, 3.05) is 21.3 Å². The lowest BCUT2D eigenvalue weighted by molar-refractivity contribution is 0.0488. The molecule has 8 rings (SSSR count). The van der Waals surface area contributed by atoms with Gasteiger partial charge >= 0.3 is 6.09 Å². The molecule has 67 heavy (non-hydrogen) atoms. The van der Waals surface area contributed by atoms with Gasteiger partial charge in [0.15, 0.2) is 0 Å². The van der Waals surface area contributed by atoms with Gasteiger partial charge in [-0.2, -0.15) is 9.97 Å². The van der Waals surface area contributed by atoms with Crippen molar-refractivity contribution in [2.45, 2.75) is 102 Å². The topological polar surface area (TPSA) is 276 Å². The fourth-order valence-corrected chi connectivity index (χ4v) is 8.73. The highest BCUT2D eigenvalue weighted by atomic mass is 32.1. The van der Waals surface area contributed by atoms with Crippen LogP contribution in [0, 0.1) is 11.6 Å². The van der Waals surface area contributed by atoms with Gasteiger partial charge in [0.1, 0.15) is 40.0 Å². The lowest BCUT2D eigenvalue weighted by Crippen LogP contribution is -2.50. The maximum Gasteiger partial charge on any atom is 0.407 e. The van der Waals surface area contributed by atoms with E-state index >= 15 is 0 Å². The molecule has 11 N–H and O–H groups in total. The van der Waals surface area contributed by atoms with Crippen molar-refractivity contribution < 1.29 is 27.9 Å². The Balaban J connectivity index is 0.000000203.